The third-order valence-electron chi connectivity index (χ3n) is 8.99. The minimum atomic E-state index is -0.0835. The van der Waals surface area contributed by atoms with Crippen LogP contribution in [-0.2, 0) is 17.9 Å². The number of ether oxygens (including phenoxy) is 1. The van der Waals surface area contributed by atoms with Crippen molar-refractivity contribution in [1.29, 1.82) is 0 Å². The summed E-state index contributed by atoms with van der Waals surface area (Å²) in [6.07, 6.45) is 3.16. The highest BCUT2D eigenvalue weighted by Gasteiger charge is 2.22. The topological polar surface area (TPSA) is 113 Å². The van der Waals surface area contributed by atoms with E-state index in [1.54, 1.807) is 17.7 Å². The van der Waals surface area contributed by atoms with Crippen molar-refractivity contribution in [1.82, 2.24) is 30.3 Å². The second-order valence-electron chi connectivity index (χ2n) is 12.1. The smallest absolute Gasteiger partial charge is 0.264 e. The summed E-state index contributed by atoms with van der Waals surface area (Å²) >= 11 is 14.2. The molecule has 0 radical (unpaired) electrons. The van der Waals surface area contributed by atoms with E-state index in [-0.39, 0.29) is 17.5 Å². The summed E-state index contributed by atoms with van der Waals surface area (Å²) in [5, 5.41) is 10.7. The summed E-state index contributed by atoms with van der Waals surface area (Å²) in [6, 6.07) is 19.5. The van der Waals surface area contributed by atoms with Gasteiger partial charge in [-0.05, 0) is 30.2 Å². The molecule has 1 atom stereocenters. The first kappa shape index (κ1) is 32.1. The number of hydrogen-bond acceptors (Lipinski definition) is 8. The van der Waals surface area contributed by atoms with Gasteiger partial charge >= 0.3 is 0 Å². The van der Waals surface area contributed by atoms with Crippen molar-refractivity contribution in [3.63, 3.8) is 0 Å². The SMILES string of the molecule is COc1nc(-c2cccc(-c3cccc(-c4ccn5c(=O)c6c(nc5c4)N(C)CCNC6)c3Cl)c2Cl)ccc1CNC[C@@H]1CCC(=O)N1. The van der Waals surface area contributed by atoms with Gasteiger partial charge in [-0.3, -0.25) is 14.0 Å². The van der Waals surface area contributed by atoms with Crippen molar-refractivity contribution < 1.29 is 9.53 Å². The van der Waals surface area contributed by atoms with Crippen LogP contribution in [0.1, 0.15) is 24.0 Å². The van der Waals surface area contributed by atoms with Gasteiger partial charge in [-0.15, -0.1) is 0 Å². The second kappa shape index (κ2) is 13.6. The van der Waals surface area contributed by atoms with Crippen molar-refractivity contribution in [2.24, 2.45) is 0 Å². The van der Waals surface area contributed by atoms with Crippen molar-refractivity contribution >= 4 is 40.6 Å². The molecular formula is C36H35Cl2N7O3. The lowest BCUT2D eigenvalue weighted by atomic mass is 9.97. The summed E-state index contributed by atoms with van der Waals surface area (Å²) < 4.78 is 7.23. The quantitative estimate of drug-likeness (QED) is 0.202. The highest BCUT2D eigenvalue weighted by Crippen LogP contribution is 2.42. The number of halogens is 2. The number of aromatic nitrogens is 3. The molecule has 0 unspecified atom stereocenters. The van der Waals surface area contributed by atoms with E-state index < -0.39 is 0 Å². The molecule has 5 aromatic rings. The highest BCUT2D eigenvalue weighted by molar-refractivity contribution is 6.39. The Labute approximate surface area is 288 Å². The first-order chi connectivity index (χ1) is 23.3. The molecule has 12 heteroatoms. The van der Waals surface area contributed by atoms with Crippen LogP contribution in [0.4, 0.5) is 5.82 Å². The molecule has 1 fully saturated rings. The molecule has 3 N–H and O–H groups in total. The average Bonchev–Trinajstić information content (AvgIpc) is 3.42. The predicted molar refractivity (Wildman–Crippen MR) is 190 cm³/mol. The number of amides is 1. The number of carbonyl (C=O) groups excluding carboxylic acids is 1. The number of rotatable bonds is 8. The number of nitrogens with zero attached hydrogens (tertiary/aromatic N) is 4. The van der Waals surface area contributed by atoms with Gasteiger partial charge in [-0.1, -0.05) is 65.7 Å². The van der Waals surface area contributed by atoms with Gasteiger partial charge in [0.05, 0.1) is 28.4 Å². The molecular weight excluding hydrogens is 649 g/mol. The minimum absolute atomic E-state index is 0.0835. The van der Waals surface area contributed by atoms with Crippen LogP contribution >= 0.6 is 23.2 Å². The number of methoxy groups -OCH3 is 1. The fourth-order valence-electron chi connectivity index (χ4n) is 6.41. The zero-order chi connectivity index (χ0) is 33.4. The van der Waals surface area contributed by atoms with Crippen LogP contribution in [0.15, 0.2) is 71.7 Å². The molecule has 1 saturated heterocycles. The number of benzene rings is 2. The Morgan fingerprint density at radius 1 is 0.979 bits per heavy atom. The first-order valence-electron chi connectivity index (χ1n) is 15.9. The standard InChI is InChI=1S/C36H35Cl2N7O3/c1-44-16-14-39-20-28-34(44)43-30-17-21(13-15-45(30)36(28)47)24-5-3-6-25(32(24)37)26-7-4-8-27(33(26)38)29-11-9-22(35(42-29)48-2)18-40-19-23-10-12-31(46)41-23/h3-9,11,13,15,17,23,39-40H,10,12,14,16,18-20H2,1-2H3,(H,41,46)/t23-/m0/s1. The van der Waals surface area contributed by atoms with E-state index in [4.69, 9.17) is 37.9 Å². The van der Waals surface area contributed by atoms with Crippen LogP contribution in [0.5, 0.6) is 5.88 Å². The Bertz CT molecular complexity index is 2100. The number of fused-ring (bicyclic) bond motifs is 2. The lowest BCUT2D eigenvalue weighted by Crippen LogP contribution is -2.35. The van der Waals surface area contributed by atoms with Crippen LogP contribution in [0.25, 0.3) is 39.2 Å². The Balaban J connectivity index is 1.19. The van der Waals surface area contributed by atoms with Gasteiger partial charge in [0.1, 0.15) is 11.5 Å². The van der Waals surface area contributed by atoms with Crippen molar-refractivity contribution in [3.05, 3.63) is 98.4 Å². The third kappa shape index (κ3) is 6.12. The first-order valence-corrected chi connectivity index (χ1v) is 16.7. The van der Waals surface area contributed by atoms with Crippen LogP contribution in [0, 0.1) is 0 Å². The molecule has 7 rings (SSSR count). The molecule has 3 aromatic heterocycles. The third-order valence-corrected chi connectivity index (χ3v) is 9.80. The summed E-state index contributed by atoms with van der Waals surface area (Å²) in [4.78, 5) is 36.6. The maximum atomic E-state index is 13.4. The maximum absolute atomic E-state index is 13.4. The number of pyridine rings is 2. The van der Waals surface area contributed by atoms with Gasteiger partial charge in [-0.2, -0.15) is 0 Å². The molecule has 0 spiro atoms. The Morgan fingerprint density at radius 2 is 1.73 bits per heavy atom. The lowest BCUT2D eigenvalue weighted by molar-refractivity contribution is -0.119. The summed E-state index contributed by atoms with van der Waals surface area (Å²) in [5.41, 5.74) is 6.61. The minimum Gasteiger partial charge on any atom is -0.481 e. The number of hydrogen-bond donors (Lipinski definition) is 3. The molecule has 48 heavy (non-hydrogen) atoms. The highest BCUT2D eigenvalue weighted by atomic mass is 35.5. The number of nitrogens with one attached hydrogen (secondary N) is 3. The summed E-state index contributed by atoms with van der Waals surface area (Å²) in [5.74, 6) is 1.29. The van der Waals surface area contributed by atoms with Crippen molar-refractivity contribution in [2.75, 3.05) is 38.7 Å². The summed E-state index contributed by atoms with van der Waals surface area (Å²) in [6.45, 7) is 3.25. The number of likely N-dealkylation sites (N-methyl/N-ethyl adjacent to an activating group) is 1. The number of carbonyl (C=O) groups is 1. The zero-order valence-electron chi connectivity index (χ0n) is 26.6. The van der Waals surface area contributed by atoms with Crippen LogP contribution in [-0.4, -0.2) is 60.1 Å². The summed E-state index contributed by atoms with van der Waals surface area (Å²) in [7, 11) is 3.55. The van der Waals surface area contributed by atoms with E-state index in [2.05, 4.69) is 16.0 Å². The van der Waals surface area contributed by atoms with Gasteiger partial charge < -0.3 is 25.6 Å². The molecule has 0 saturated carbocycles. The maximum Gasteiger partial charge on any atom is 0.264 e. The Hall–Kier alpha value is -4.48. The van der Waals surface area contributed by atoms with Gasteiger partial charge in [0, 0.05) is 86.2 Å². The van der Waals surface area contributed by atoms with Crippen LogP contribution in [0.2, 0.25) is 10.0 Å². The van der Waals surface area contributed by atoms with E-state index in [0.29, 0.717) is 64.7 Å². The molecule has 10 nitrogen and oxygen atoms in total. The van der Waals surface area contributed by atoms with Crippen LogP contribution < -0.4 is 31.1 Å². The second-order valence-corrected chi connectivity index (χ2v) is 12.9. The molecule has 5 heterocycles. The fourth-order valence-corrected chi connectivity index (χ4v) is 7.07. The predicted octanol–water partition coefficient (Wildman–Crippen LogP) is 5.31. The van der Waals surface area contributed by atoms with Crippen LogP contribution in [0.3, 0.4) is 0 Å². The van der Waals surface area contributed by atoms with Gasteiger partial charge in [0.25, 0.3) is 5.56 Å². The normalized spacial score (nSPS) is 16.1. The van der Waals surface area contributed by atoms with Gasteiger partial charge in [-0.25, -0.2) is 9.97 Å². The Morgan fingerprint density at radius 3 is 2.48 bits per heavy atom. The molecule has 2 aliphatic rings. The van der Waals surface area contributed by atoms with E-state index in [9.17, 15) is 9.59 Å². The molecule has 2 aromatic carbocycles. The average molecular weight is 685 g/mol. The van der Waals surface area contributed by atoms with E-state index >= 15 is 0 Å². The number of anilines is 1. The van der Waals surface area contributed by atoms with Gasteiger partial charge in [0.15, 0.2) is 0 Å². The van der Waals surface area contributed by atoms with Crippen molar-refractivity contribution in [2.45, 2.75) is 32.0 Å². The van der Waals surface area contributed by atoms with Crippen molar-refractivity contribution in [3.8, 4) is 39.4 Å². The van der Waals surface area contributed by atoms with Gasteiger partial charge in [0.2, 0.25) is 11.8 Å². The molecule has 246 valence electrons. The molecule has 0 bridgehead atoms. The van der Waals surface area contributed by atoms with E-state index in [1.165, 1.54) is 0 Å². The lowest BCUT2D eigenvalue weighted by Gasteiger charge is -2.18. The molecule has 1 amide bonds. The largest absolute Gasteiger partial charge is 0.481 e. The monoisotopic (exact) mass is 683 g/mol. The molecule has 2 aliphatic heterocycles. The molecule has 0 aliphatic carbocycles. The zero-order valence-corrected chi connectivity index (χ0v) is 28.2. The Kier molecular flexibility index (Phi) is 9.07. The van der Waals surface area contributed by atoms with E-state index in [1.807, 2.05) is 72.6 Å². The van der Waals surface area contributed by atoms with E-state index in [0.717, 1.165) is 52.9 Å². The fraction of sp³-hybridized carbons (Fsp3) is 0.278.